The fourth-order valence-corrected chi connectivity index (χ4v) is 4.65. The second kappa shape index (κ2) is 11.7. The van der Waals surface area contributed by atoms with Crippen molar-refractivity contribution in [3.05, 3.63) is 64.1 Å². The van der Waals surface area contributed by atoms with Gasteiger partial charge in [-0.15, -0.1) is 0 Å². The molecule has 0 radical (unpaired) electrons. The molecule has 0 bridgehead atoms. The summed E-state index contributed by atoms with van der Waals surface area (Å²) in [6.45, 7) is 7.85. The average Bonchev–Trinajstić information content (AvgIpc) is 2.74. The predicted octanol–water partition coefficient (Wildman–Crippen LogP) is 3.71. The Morgan fingerprint density at radius 1 is 1.03 bits per heavy atom. The topological polar surface area (TPSA) is 86.8 Å². The molecule has 0 aromatic heterocycles. The molecule has 0 saturated heterocycles. The Morgan fingerprint density at radius 3 is 2.18 bits per heavy atom. The van der Waals surface area contributed by atoms with Gasteiger partial charge in [0.15, 0.2) is 0 Å². The first kappa shape index (κ1) is 26.9. The lowest BCUT2D eigenvalue weighted by atomic mass is 10.1. The summed E-state index contributed by atoms with van der Waals surface area (Å²) in [5, 5.41) is 2.86. The van der Waals surface area contributed by atoms with Crippen molar-refractivity contribution in [3.8, 4) is 0 Å². The van der Waals surface area contributed by atoms with E-state index in [0.29, 0.717) is 16.7 Å². The largest absolute Gasteiger partial charge is 0.354 e. The summed E-state index contributed by atoms with van der Waals surface area (Å²) in [5.41, 5.74) is 2.29. The molecule has 0 aliphatic heterocycles. The number of nitrogens with zero attached hydrogens (tertiary/aromatic N) is 2. The molecule has 0 saturated carbocycles. The molecule has 33 heavy (non-hydrogen) atoms. The van der Waals surface area contributed by atoms with Crippen LogP contribution in [0.5, 0.6) is 0 Å². The number of rotatable bonds is 10. The van der Waals surface area contributed by atoms with Crippen molar-refractivity contribution in [1.29, 1.82) is 0 Å². The summed E-state index contributed by atoms with van der Waals surface area (Å²) >= 11 is 3.37. The molecular formula is C24H32BrN3O4S. The summed E-state index contributed by atoms with van der Waals surface area (Å²) in [4.78, 5) is 27.7. The second-order valence-corrected chi connectivity index (χ2v) is 11.3. The summed E-state index contributed by atoms with van der Waals surface area (Å²) in [6.07, 6.45) is 1.06. The average molecular weight is 539 g/mol. The highest BCUT2D eigenvalue weighted by molar-refractivity contribution is 9.10. The van der Waals surface area contributed by atoms with Gasteiger partial charge in [0.05, 0.1) is 11.9 Å². The minimum atomic E-state index is -3.76. The Bertz CT molecular complexity index is 1070. The number of carbonyl (C=O) groups is 2. The smallest absolute Gasteiger partial charge is 0.244 e. The Kier molecular flexibility index (Phi) is 9.48. The van der Waals surface area contributed by atoms with E-state index in [1.165, 1.54) is 4.90 Å². The standard InChI is InChI=1S/C24H32BrN3O4S/c1-17(2)14-26-24(30)19(4)27(15-20-12-10-18(3)11-13-20)23(29)16-28(33(5,31)32)22-9-7-6-8-21(22)25/h6-13,17,19H,14-16H2,1-5H3,(H,26,30). The molecule has 2 rings (SSSR count). The first-order valence-electron chi connectivity index (χ1n) is 10.7. The molecule has 2 amide bonds. The number of halogens is 1. The molecule has 9 heteroatoms. The minimum Gasteiger partial charge on any atom is -0.354 e. The zero-order valence-electron chi connectivity index (χ0n) is 19.7. The van der Waals surface area contributed by atoms with Gasteiger partial charge in [-0.2, -0.15) is 0 Å². The number of para-hydroxylation sites is 1. The van der Waals surface area contributed by atoms with Gasteiger partial charge in [0.25, 0.3) is 0 Å². The monoisotopic (exact) mass is 537 g/mol. The van der Waals surface area contributed by atoms with Crippen molar-refractivity contribution in [3.63, 3.8) is 0 Å². The number of amides is 2. The van der Waals surface area contributed by atoms with Crippen LogP contribution in [0.4, 0.5) is 5.69 Å². The quantitative estimate of drug-likeness (QED) is 0.500. The summed E-state index contributed by atoms with van der Waals surface area (Å²) in [5.74, 6) is -0.488. The van der Waals surface area contributed by atoms with Gasteiger partial charge in [0, 0.05) is 17.6 Å². The third kappa shape index (κ3) is 7.85. The summed E-state index contributed by atoms with van der Waals surface area (Å²) < 4.78 is 26.8. The minimum absolute atomic E-state index is 0.183. The first-order valence-corrected chi connectivity index (χ1v) is 13.4. The highest BCUT2D eigenvalue weighted by Gasteiger charge is 2.30. The number of anilines is 1. The Morgan fingerprint density at radius 2 is 1.64 bits per heavy atom. The zero-order chi connectivity index (χ0) is 24.8. The lowest BCUT2D eigenvalue weighted by Crippen LogP contribution is -2.51. The fraction of sp³-hybridized carbons (Fsp3) is 0.417. The maximum absolute atomic E-state index is 13.5. The van der Waals surface area contributed by atoms with Gasteiger partial charge in [0.2, 0.25) is 21.8 Å². The highest BCUT2D eigenvalue weighted by atomic mass is 79.9. The molecule has 0 spiro atoms. The molecule has 2 aromatic carbocycles. The van der Waals surface area contributed by atoms with Crippen molar-refractivity contribution in [2.45, 2.75) is 40.3 Å². The molecule has 1 atom stereocenters. The molecule has 1 N–H and O–H groups in total. The van der Waals surface area contributed by atoms with E-state index in [1.807, 2.05) is 45.0 Å². The number of aryl methyl sites for hydroxylation is 1. The number of hydrogen-bond acceptors (Lipinski definition) is 4. The van der Waals surface area contributed by atoms with Crippen molar-refractivity contribution in [2.24, 2.45) is 5.92 Å². The lowest BCUT2D eigenvalue weighted by Gasteiger charge is -2.32. The van der Waals surface area contributed by atoms with E-state index in [-0.39, 0.29) is 18.4 Å². The molecule has 0 heterocycles. The fourth-order valence-electron chi connectivity index (χ4n) is 3.17. The zero-order valence-corrected chi connectivity index (χ0v) is 22.1. The first-order chi connectivity index (χ1) is 15.4. The van der Waals surface area contributed by atoms with Gasteiger partial charge in [-0.3, -0.25) is 13.9 Å². The molecule has 0 aliphatic carbocycles. The van der Waals surface area contributed by atoms with E-state index in [1.54, 1.807) is 31.2 Å². The highest BCUT2D eigenvalue weighted by Crippen LogP contribution is 2.28. The van der Waals surface area contributed by atoms with Crippen LogP contribution in [0.15, 0.2) is 53.0 Å². The summed E-state index contributed by atoms with van der Waals surface area (Å²) in [7, 11) is -3.76. The van der Waals surface area contributed by atoms with E-state index in [4.69, 9.17) is 0 Å². The van der Waals surface area contributed by atoms with Gasteiger partial charge in [-0.05, 0) is 53.4 Å². The van der Waals surface area contributed by atoms with E-state index in [2.05, 4.69) is 21.2 Å². The number of hydrogen-bond donors (Lipinski definition) is 1. The lowest BCUT2D eigenvalue weighted by molar-refractivity contribution is -0.139. The molecule has 1 unspecified atom stereocenters. The number of nitrogens with one attached hydrogen (secondary N) is 1. The maximum Gasteiger partial charge on any atom is 0.244 e. The van der Waals surface area contributed by atoms with Crippen LogP contribution in [0, 0.1) is 12.8 Å². The van der Waals surface area contributed by atoms with Gasteiger partial charge in [-0.1, -0.05) is 55.8 Å². The van der Waals surface area contributed by atoms with Crippen molar-refractivity contribution in [2.75, 3.05) is 23.7 Å². The van der Waals surface area contributed by atoms with E-state index >= 15 is 0 Å². The van der Waals surface area contributed by atoms with Crippen LogP contribution in [0.2, 0.25) is 0 Å². The van der Waals surface area contributed by atoms with E-state index < -0.39 is 28.5 Å². The third-order valence-corrected chi connectivity index (χ3v) is 6.92. The second-order valence-electron chi connectivity index (χ2n) is 8.54. The Hall–Kier alpha value is -2.39. The SMILES string of the molecule is Cc1ccc(CN(C(=O)CN(c2ccccc2Br)S(C)(=O)=O)C(C)C(=O)NCC(C)C)cc1. The third-order valence-electron chi connectivity index (χ3n) is 5.13. The maximum atomic E-state index is 13.5. The Labute approximate surface area is 205 Å². The molecule has 2 aromatic rings. The number of benzene rings is 2. The molecule has 180 valence electrons. The van der Waals surface area contributed by atoms with Gasteiger partial charge in [0.1, 0.15) is 12.6 Å². The predicted molar refractivity (Wildman–Crippen MR) is 135 cm³/mol. The van der Waals surface area contributed by atoms with Crippen LogP contribution in [0.3, 0.4) is 0 Å². The number of sulfonamides is 1. The molecule has 0 aliphatic rings. The van der Waals surface area contributed by atoms with Crippen LogP contribution in [-0.4, -0.2) is 50.5 Å². The molecule has 0 fully saturated rings. The van der Waals surface area contributed by atoms with Crippen LogP contribution in [0.25, 0.3) is 0 Å². The number of carbonyl (C=O) groups excluding carboxylic acids is 2. The van der Waals surface area contributed by atoms with Crippen molar-refractivity contribution < 1.29 is 18.0 Å². The van der Waals surface area contributed by atoms with Gasteiger partial charge >= 0.3 is 0 Å². The van der Waals surface area contributed by atoms with Gasteiger partial charge < -0.3 is 10.2 Å². The normalized spacial score (nSPS) is 12.3. The van der Waals surface area contributed by atoms with Crippen LogP contribution < -0.4 is 9.62 Å². The van der Waals surface area contributed by atoms with Crippen LogP contribution in [0.1, 0.15) is 31.9 Å². The van der Waals surface area contributed by atoms with Crippen molar-refractivity contribution in [1.82, 2.24) is 10.2 Å². The van der Waals surface area contributed by atoms with Crippen LogP contribution in [-0.2, 0) is 26.2 Å². The molecular weight excluding hydrogens is 506 g/mol. The Balaban J connectivity index is 2.36. The van der Waals surface area contributed by atoms with Gasteiger partial charge in [-0.25, -0.2) is 8.42 Å². The van der Waals surface area contributed by atoms with Crippen molar-refractivity contribution >= 4 is 43.5 Å². The van der Waals surface area contributed by atoms with Crippen LogP contribution >= 0.6 is 15.9 Å². The summed E-state index contributed by atoms with van der Waals surface area (Å²) in [6, 6.07) is 13.7. The van der Waals surface area contributed by atoms with E-state index in [9.17, 15) is 18.0 Å². The molecule has 7 nitrogen and oxygen atoms in total. The van der Waals surface area contributed by atoms with E-state index in [0.717, 1.165) is 21.7 Å².